The van der Waals surface area contributed by atoms with Gasteiger partial charge in [-0.25, -0.2) is 0 Å². The van der Waals surface area contributed by atoms with Crippen LogP contribution in [-0.2, 0) is 0 Å². The first-order chi connectivity index (χ1) is 8.43. The summed E-state index contributed by atoms with van der Waals surface area (Å²) >= 11 is 1.96. The second kappa shape index (κ2) is 10.1. The van der Waals surface area contributed by atoms with Crippen molar-refractivity contribution in [2.24, 2.45) is 11.8 Å². The highest BCUT2D eigenvalue weighted by Crippen LogP contribution is 2.16. The number of nitrogens with one attached hydrogen (secondary N) is 1. The second-order valence-corrected chi connectivity index (χ2v) is 6.96. The third kappa shape index (κ3) is 7.01. The van der Waals surface area contributed by atoms with Gasteiger partial charge >= 0.3 is 0 Å². The van der Waals surface area contributed by atoms with E-state index in [9.17, 15) is 0 Å². The lowest BCUT2D eigenvalue weighted by Crippen LogP contribution is -2.49. The molecule has 3 heteroatoms. The van der Waals surface area contributed by atoms with Crippen LogP contribution in [0.5, 0.6) is 0 Å². The van der Waals surface area contributed by atoms with Crippen molar-refractivity contribution in [1.29, 1.82) is 0 Å². The molecule has 0 aliphatic rings. The third-order valence-electron chi connectivity index (χ3n) is 3.60. The monoisotopic (exact) mass is 274 g/mol. The quantitative estimate of drug-likeness (QED) is 0.658. The smallest absolute Gasteiger partial charge is 0.0243 e. The fourth-order valence-corrected chi connectivity index (χ4v) is 3.21. The predicted octanol–water partition coefficient (Wildman–Crippen LogP) is 3.33. The molecule has 0 saturated heterocycles. The molecule has 0 aromatic carbocycles. The Morgan fingerprint density at radius 2 is 1.72 bits per heavy atom. The normalized spacial score (nSPS) is 15.7. The minimum Gasteiger partial charge on any atom is -0.315 e. The van der Waals surface area contributed by atoms with Crippen molar-refractivity contribution in [3.8, 4) is 0 Å². The highest BCUT2D eigenvalue weighted by molar-refractivity contribution is 7.98. The predicted molar refractivity (Wildman–Crippen MR) is 86.6 cm³/mol. The van der Waals surface area contributed by atoms with E-state index in [4.69, 9.17) is 0 Å². The summed E-state index contributed by atoms with van der Waals surface area (Å²) in [5, 5.41) is 3.62. The van der Waals surface area contributed by atoms with Crippen LogP contribution in [-0.4, -0.2) is 49.1 Å². The molecule has 2 atom stereocenters. The van der Waals surface area contributed by atoms with Crippen molar-refractivity contribution >= 4 is 11.8 Å². The Bertz CT molecular complexity index is 195. The number of thioether (sulfide) groups is 1. The largest absolute Gasteiger partial charge is 0.315 e. The molecule has 0 amide bonds. The fraction of sp³-hybridized carbons (Fsp3) is 1.00. The van der Waals surface area contributed by atoms with Crippen LogP contribution in [0.3, 0.4) is 0 Å². The van der Waals surface area contributed by atoms with Gasteiger partial charge in [-0.05, 0) is 38.1 Å². The Hall–Kier alpha value is 0.270. The Morgan fingerprint density at radius 3 is 2.11 bits per heavy atom. The molecule has 0 heterocycles. The van der Waals surface area contributed by atoms with Crippen LogP contribution in [0.15, 0.2) is 0 Å². The van der Waals surface area contributed by atoms with Gasteiger partial charge in [-0.3, -0.25) is 4.90 Å². The molecule has 0 saturated carbocycles. The summed E-state index contributed by atoms with van der Waals surface area (Å²) in [6.45, 7) is 13.7. The zero-order valence-corrected chi connectivity index (χ0v) is 14.3. The number of rotatable bonds is 10. The Labute approximate surface area is 119 Å². The third-order valence-corrected chi connectivity index (χ3v) is 4.32. The van der Waals surface area contributed by atoms with Gasteiger partial charge in [0.15, 0.2) is 0 Å². The van der Waals surface area contributed by atoms with Crippen LogP contribution >= 0.6 is 11.8 Å². The lowest BCUT2D eigenvalue weighted by molar-refractivity contribution is 0.140. The summed E-state index contributed by atoms with van der Waals surface area (Å²) in [6, 6.07) is 1.34. The summed E-state index contributed by atoms with van der Waals surface area (Å²) in [6.07, 6.45) is 3.45. The van der Waals surface area contributed by atoms with Crippen LogP contribution in [0, 0.1) is 11.8 Å². The van der Waals surface area contributed by atoms with Crippen molar-refractivity contribution in [3.63, 3.8) is 0 Å². The van der Waals surface area contributed by atoms with Crippen molar-refractivity contribution in [2.45, 2.75) is 53.1 Å². The van der Waals surface area contributed by atoms with Crippen LogP contribution in [0.2, 0.25) is 0 Å². The molecule has 0 aliphatic carbocycles. The van der Waals surface area contributed by atoms with E-state index in [1.807, 2.05) is 11.8 Å². The SMILES string of the molecule is CCC(CSC)N(C)C(CNCC(C)C)C(C)C. The summed E-state index contributed by atoms with van der Waals surface area (Å²) in [7, 11) is 2.30. The van der Waals surface area contributed by atoms with Crippen molar-refractivity contribution < 1.29 is 0 Å². The van der Waals surface area contributed by atoms with Gasteiger partial charge in [-0.15, -0.1) is 0 Å². The first-order valence-electron chi connectivity index (χ1n) is 7.35. The lowest BCUT2D eigenvalue weighted by atomic mass is 10.0. The molecular formula is C15H34N2S. The van der Waals surface area contributed by atoms with Crippen molar-refractivity contribution in [1.82, 2.24) is 10.2 Å². The van der Waals surface area contributed by atoms with Gasteiger partial charge in [0.25, 0.3) is 0 Å². The van der Waals surface area contributed by atoms with E-state index >= 15 is 0 Å². The van der Waals surface area contributed by atoms with Gasteiger partial charge in [0.1, 0.15) is 0 Å². The van der Waals surface area contributed by atoms with Crippen molar-refractivity contribution in [3.05, 3.63) is 0 Å². The minimum absolute atomic E-state index is 0.640. The topological polar surface area (TPSA) is 15.3 Å². The Kier molecular flexibility index (Phi) is 10.3. The van der Waals surface area contributed by atoms with E-state index in [2.05, 4.69) is 58.1 Å². The van der Waals surface area contributed by atoms with E-state index in [0.29, 0.717) is 18.0 Å². The summed E-state index contributed by atoms with van der Waals surface area (Å²) in [4.78, 5) is 2.59. The summed E-state index contributed by atoms with van der Waals surface area (Å²) < 4.78 is 0. The van der Waals surface area contributed by atoms with Gasteiger partial charge in [-0.1, -0.05) is 34.6 Å². The molecule has 0 aromatic rings. The molecule has 0 fully saturated rings. The summed E-state index contributed by atoms with van der Waals surface area (Å²) in [5.74, 6) is 2.67. The maximum absolute atomic E-state index is 3.62. The maximum Gasteiger partial charge on any atom is 0.0243 e. The molecule has 0 radical (unpaired) electrons. The van der Waals surface area contributed by atoms with Crippen LogP contribution in [0.25, 0.3) is 0 Å². The lowest BCUT2D eigenvalue weighted by Gasteiger charge is -2.37. The highest BCUT2D eigenvalue weighted by Gasteiger charge is 2.23. The average molecular weight is 275 g/mol. The molecule has 2 nitrogen and oxygen atoms in total. The van der Waals surface area contributed by atoms with Crippen LogP contribution in [0.1, 0.15) is 41.0 Å². The molecule has 18 heavy (non-hydrogen) atoms. The standard InChI is InChI=1S/C15H34N2S/c1-8-14(11-18-7)17(6)15(13(4)5)10-16-9-12(2)3/h12-16H,8-11H2,1-7H3. The van der Waals surface area contributed by atoms with Gasteiger partial charge in [0.2, 0.25) is 0 Å². The van der Waals surface area contributed by atoms with E-state index in [1.165, 1.54) is 12.2 Å². The zero-order valence-electron chi connectivity index (χ0n) is 13.5. The molecule has 1 N–H and O–H groups in total. The Morgan fingerprint density at radius 1 is 1.11 bits per heavy atom. The molecule has 110 valence electrons. The highest BCUT2D eigenvalue weighted by atomic mass is 32.2. The number of nitrogens with zero attached hydrogens (tertiary/aromatic N) is 1. The van der Waals surface area contributed by atoms with Crippen LogP contribution in [0.4, 0.5) is 0 Å². The van der Waals surface area contributed by atoms with Crippen LogP contribution < -0.4 is 5.32 Å². The fourth-order valence-electron chi connectivity index (χ4n) is 2.36. The maximum atomic E-state index is 3.62. The van der Waals surface area contributed by atoms with E-state index in [-0.39, 0.29) is 0 Å². The van der Waals surface area contributed by atoms with E-state index < -0.39 is 0 Å². The molecule has 0 aliphatic heterocycles. The average Bonchev–Trinajstić information content (AvgIpc) is 2.30. The van der Waals surface area contributed by atoms with E-state index in [1.54, 1.807) is 0 Å². The number of likely N-dealkylation sites (N-methyl/N-ethyl adjacent to an activating group) is 1. The van der Waals surface area contributed by atoms with Gasteiger partial charge in [0.05, 0.1) is 0 Å². The van der Waals surface area contributed by atoms with Gasteiger partial charge in [-0.2, -0.15) is 11.8 Å². The summed E-state index contributed by atoms with van der Waals surface area (Å²) in [5.41, 5.74) is 0. The van der Waals surface area contributed by atoms with E-state index in [0.717, 1.165) is 19.0 Å². The molecule has 0 rings (SSSR count). The number of hydrogen-bond donors (Lipinski definition) is 1. The first kappa shape index (κ1) is 18.3. The zero-order chi connectivity index (χ0) is 14.1. The van der Waals surface area contributed by atoms with Crippen molar-refractivity contribution in [2.75, 3.05) is 32.1 Å². The molecular weight excluding hydrogens is 240 g/mol. The minimum atomic E-state index is 0.640. The molecule has 0 spiro atoms. The number of hydrogen-bond acceptors (Lipinski definition) is 3. The molecule has 0 bridgehead atoms. The molecule has 0 aromatic heterocycles. The Balaban J connectivity index is 4.37. The first-order valence-corrected chi connectivity index (χ1v) is 8.74. The van der Waals surface area contributed by atoms with Gasteiger partial charge < -0.3 is 5.32 Å². The molecule has 2 unspecified atom stereocenters. The second-order valence-electron chi connectivity index (χ2n) is 6.05. The van der Waals surface area contributed by atoms with Gasteiger partial charge in [0, 0.05) is 24.4 Å².